The van der Waals surface area contributed by atoms with E-state index in [9.17, 15) is 14.3 Å². The van der Waals surface area contributed by atoms with E-state index in [1.165, 1.54) is 24.3 Å². The fourth-order valence-electron chi connectivity index (χ4n) is 2.23. The molecule has 2 rings (SSSR count). The van der Waals surface area contributed by atoms with Gasteiger partial charge in [-0.05, 0) is 30.5 Å². The molecule has 0 saturated carbocycles. The molecule has 1 saturated heterocycles. The first-order chi connectivity index (χ1) is 10.1. The van der Waals surface area contributed by atoms with E-state index in [1.807, 2.05) is 0 Å². The molecule has 1 aliphatic rings. The number of amides is 1. The van der Waals surface area contributed by atoms with Crippen LogP contribution >= 0.6 is 12.4 Å². The Labute approximate surface area is 135 Å². The van der Waals surface area contributed by atoms with Gasteiger partial charge in [-0.2, -0.15) is 0 Å². The van der Waals surface area contributed by atoms with Crippen molar-refractivity contribution in [3.8, 4) is 0 Å². The highest BCUT2D eigenvalue weighted by atomic mass is 35.5. The Kier molecular flexibility index (Phi) is 8.34. The van der Waals surface area contributed by atoms with Crippen LogP contribution in [0, 0.1) is 5.82 Å². The minimum atomic E-state index is -0.840. The largest absolute Gasteiger partial charge is 0.387 e. The molecular weight excluding hydrogens is 311 g/mol. The third kappa shape index (κ3) is 6.27. The van der Waals surface area contributed by atoms with Crippen molar-refractivity contribution in [2.24, 2.45) is 0 Å². The van der Waals surface area contributed by atoms with Crippen LogP contribution in [0.15, 0.2) is 24.3 Å². The standard InChI is InChI=1S/C15H21FN2O3.ClH/c16-12-5-3-11(4-6-12)14(19)9-18-15(20)10-17-8-13-2-1-7-21-13;/h3-6,13-14,17,19H,1-2,7-10H2,(H,18,20);1H. The van der Waals surface area contributed by atoms with Crippen molar-refractivity contribution < 1.29 is 19.0 Å². The number of benzene rings is 1. The van der Waals surface area contributed by atoms with E-state index in [0.29, 0.717) is 12.1 Å². The summed E-state index contributed by atoms with van der Waals surface area (Å²) in [6.45, 7) is 1.75. The molecule has 1 heterocycles. The summed E-state index contributed by atoms with van der Waals surface area (Å²) in [5, 5.41) is 15.5. The zero-order chi connectivity index (χ0) is 15.1. The van der Waals surface area contributed by atoms with Crippen LogP contribution in [0.5, 0.6) is 0 Å². The summed E-state index contributed by atoms with van der Waals surface area (Å²) in [6.07, 6.45) is 1.45. The lowest BCUT2D eigenvalue weighted by molar-refractivity contribution is -0.120. The number of ether oxygens (including phenoxy) is 1. The lowest BCUT2D eigenvalue weighted by Crippen LogP contribution is -2.38. The normalized spacial score (nSPS) is 18.5. The molecule has 7 heteroatoms. The minimum absolute atomic E-state index is 0. The van der Waals surface area contributed by atoms with E-state index < -0.39 is 6.10 Å². The van der Waals surface area contributed by atoms with Gasteiger partial charge >= 0.3 is 0 Å². The Bertz CT molecular complexity index is 453. The second-order valence-electron chi connectivity index (χ2n) is 5.14. The first kappa shape index (κ1) is 18.8. The predicted octanol–water partition coefficient (Wildman–Crippen LogP) is 1.17. The Morgan fingerprint density at radius 1 is 1.41 bits per heavy atom. The molecule has 1 aliphatic heterocycles. The predicted molar refractivity (Wildman–Crippen MR) is 83.5 cm³/mol. The second kappa shape index (κ2) is 9.74. The van der Waals surface area contributed by atoms with E-state index in [-0.39, 0.29) is 43.3 Å². The number of aliphatic hydroxyl groups is 1. The van der Waals surface area contributed by atoms with Crippen LogP contribution < -0.4 is 10.6 Å². The summed E-state index contributed by atoms with van der Waals surface area (Å²) in [5.74, 6) is -0.539. The van der Waals surface area contributed by atoms with Gasteiger partial charge in [0.1, 0.15) is 5.82 Å². The zero-order valence-corrected chi connectivity index (χ0v) is 13.1. The van der Waals surface area contributed by atoms with E-state index in [0.717, 1.165) is 19.4 Å². The highest BCUT2D eigenvalue weighted by molar-refractivity contribution is 5.85. The maximum Gasteiger partial charge on any atom is 0.234 e. The number of aliphatic hydroxyl groups excluding tert-OH is 1. The third-order valence-corrected chi connectivity index (χ3v) is 3.43. The number of rotatable bonds is 7. The molecule has 0 spiro atoms. The van der Waals surface area contributed by atoms with E-state index >= 15 is 0 Å². The molecule has 0 bridgehead atoms. The summed E-state index contributed by atoms with van der Waals surface area (Å²) in [7, 11) is 0. The number of nitrogens with one attached hydrogen (secondary N) is 2. The number of halogens is 2. The highest BCUT2D eigenvalue weighted by Crippen LogP contribution is 2.12. The fraction of sp³-hybridized carbons (Fsp3) is 0.533. The molecule has 0 radical (unpaired) electrons. The van der Waals surface area contributed by atoms with Gasteiger partial charge in [0.2, 0.25) is 5.91 Å². The van der Waals surface area contributed by atoms with Crippen molar-refractivity contribution >= 4 is 18.3 Å². The molecule has 2 unspecified atom stereocenters. The van der Waals surface area contributed by atoms with E-state index in [1.54, 1.807) is 0 Å². The molecule has 1 aromatic carbocycles. The van der Waals surface area contributed by atoms with Crippen molar-refractivity contribution in [2.45, 2.75) is 25.0 Å². The molecule has 124 valence electrons. The zero-order valence-electron chi connectivity index (χ0n) is 12.3. The lowest BCUT2D eigenvalue weighted by Gasteiger charge is -2.13. The Morgan fingerprint density at radius 2 is 2.14 bits per heavy atom. The highest BCUT2D eigenvalue weighted by Gasteiger charge is 2.15. The van der Waals surface area contributed by atoms with Gasteiger partial charge in [0.15, 0.2) is 0 Å². The SMILES string of the molecule is Cl.O=C(CNCC1CCCO1)NCC(O)c1ccc(F)cc1. The van der Waals surface area contributed by atoms with Crippen molar-refractivity contribution in [1.29, 1.82) is 0 Å². The Hall–Kier alpha value is -1.21. The van der Waals surface area contributed by atoms with E-state index in [4.69, 9.17) is 4.74 Å². The van der Waals surface area contributed by atoms with Crippen LogP contribution in [-0.4, -0.2) is 43.4 Å². The Balaban J connectivity index is 0.00000242. The van der Waals surface area contributed by atoms with E-state index in [2.05, 4.69) is 10.6 Å². The summed E-state index contributed by atoms with van der Waals surface area (Å²) < 4.78 is 18.2. The van der Waals surface area contributed by atoms with Crippen molar-refractivity contribution in [3.63, 3.8) is 0 Å². The van der Waals surface area contributed by atoms with Gasteiger partial charge in [-0.3, -0.25) is 4.79 Å². The Morgan fingerprint density at radius 3 is 2.77 bits per heavy atom. The summed E-state index contributed by atoms with van der Waals surface area (Å²) in [6, 6.07) is 5.57. The van der Waals surface area contributed by atoms with Gasteiger partial charge in [-0.15, -0.1) is 12.4 Å². The van der Waals surface area contributed by atoms with Crippen molar-refractivity contribution in [1.82, 2.24) is 10.6 Å². The quantitative estimate of drug-likeness (QED) is 0.701. The summed E-state index contributed by atoms with van der Waals surface area (Å²) in [5.41, 5.74) is 0.573. The molecule has 1 fully saturated rings. The average Bonchev–Trinajstić information content (AvgIpc) is 2.99. The van der Waals surface area contributed by atoms with Crippen molar-refractivity contribution in [2.75, 3.05) is 26.2 Å². The summed E-state index contributed by atoms with van der Waals surface area (Å²) in [4.78, 5) is 11.6. The maximum atomic E-state index is 12.8. The number of carbonyl (C=O) groups is 1. The number of hydrogen-bond donors (Lipinski definition) is 3. The first-order valence-electron chi connectivity index (χ1n) is 7.17. The monoisotopic (exact) mass is 332 g/mol. The van der Waals surface area contributed by atoms with Crippen LogP contribution in [0.25, 0.3) is 0 Å². The topological polar surface area (TPSA) is 70.6 Å². The van der Waals surface area contributed by atoms with Crippen LogP contribution in [0.3, 0.4) is 0 Å². The van der Waals surface area contributed by atoms with Crippen LogP contribution in [0.4, 0.5) is 4.39 Å². The van der Waals surface area contributed by atoms with Gasteiger partial charge < -0.3 is 20.5 Å². The minimum Gasteiger partial charge on any atom is -0.387 e. The van der Waals surface area contributed by atoms with Gasteiger partial charge in [0.25, 0.3) is 0 Å². The average molecular weight is 333 g/mol. The van der Waals surface area contributed by atoms with Gasteiger partial charge in [0.05, 0.1) is 18.8 Å². The van der Waals surface area contributed by atoms with Crippen LogP contribution in [-0.2, 0) is 9.53 Å². The molecule has 0 aliphatic carbocycles. The van der Waals surface area contributed by atoms with Crippen LogP contribution in [0.2, 0.25) is 0 Å². The molecule has 3 N–H and O–H groups in total. The molecule has 2 atom stereocenters. The van der Waals surface area contributed by atoms with Gasteiger partial charge in [-0.1, -0.05) is 12.1 Å². The fourth-order valence-corrected chi connectivity index (χ4v) is 2.23. The van der Waals surface area contributed by atoms with Crippen LogP contribution in [0.1, 0.15) is 24.5 Å². The smallest absolute Gasteiger partial charge is 0.234 e. The molecule has 22 heavy (non-hydrogen) atoms. The van der Waals surface area contributed by atoms with Gasteiger partial charge in [0, 0.05) is 19.7 Å². The van der Waals surface area contributed by atoms with Crippen molar-refractivity contribution in [3.05, 3.63) is 35.6 Å². The second-order valence-corrected chi connectivity index (χ2v) is 5.14. The molecule has 1 amide bonds. The summed E-state index contributed by atoms with van der Waals surface area (Å²) >= 11 is 0. The maximum absolute atomic E-state index is 12.8. The number of hydrogen-bond acceptors (Lipinski definition) is 4. The third-order valence-electron chi connectivity index (χ3n) is 3.43. The molecular formula is C15H22ClFN2O3. The molecule has 1 aromatic rings. The molecule has 0 aromatic heterocycles. The first-order valence-corrected chi connectivity index (χ1v) is 7.17. The molecule has 5 nitrogen and oxygen atoms in total. The van der Waals surface area contributed by atoms with Gasteiger partial charge in [-0.25, -0.2) is 4.39 Å². The lowest BCUT2D eigenvalue weighted by atomic mass is 10.1. The number of carbonyl (C=O) groups excluding carboxylic acids is 1.